The topological polar surface area (TPSA) is 149 Å². The van der Waals surface area contributed by atoms with E-state index < -0.39 is 49.5 Å². The lowest BCUT2D eigenvalue weighted by Crippen LogP contribution is -2.60. The molecule has 0 saturated carbocycles. The first-order valence-electron chi connectivity index (χ1n) is 39.7. The third kappa shape index (κ3) is 56.5. The van der Waals surface area contributed by atoms with Crippen molar-refractivity contribution >= 4 is 5.91 Å². The van der Waals surface area contributed by atoms with Crippen LogP contribution in [0.1, 0.15) is 438 Å². The third-order valence-electron chi connectivity index (χ3n) is 19.7. The molecule has 0 aromatic heterocycles. The average Bonchev–Trinajstić information content (AvgIpc) is 3.39. The van der Waals surface area contributed by atoms with Gasteiger partial charge in [-0.1, -0.05) is 418 Å². The quantitative estimate of drug-likeness (QED) is 0.0330. The summed E-state index contributed by atoms with van der Waals surface area (Å²) in [5, 5.41) is 55.1. The largest absolute Gasteiger partial charge is 0.394 e. The molecule has 9 nitrogen and oxygen atoms in total. The molecule has 0 spiro atoms. The lowest BCUT2D eigenvalue weighted by atomic mass is 9.99. The van der Waals surface area contributed by atoms with Gasteiger partial charge in [0.15, 0.2) is 6.29 Å². The van der Waals surface area contributed by atoms with Crippen LogP contribution in [0.15, 0.2) is 0 Å². The second kappa shape index (κ2) is 68.1. The zero-order valence-corrected chi connectivity index (χ0v) is 58.6. The first-order chi connectivity index (χ1) is 42.8. The molecule has 0 bridgehead atoms. The minimum atomic E-state index is -1.55. The van der Waals surface area contributed by atoms with E-state index in [0.717, 1.165) is 38.5 Å². The maximum atomic E-state index is 13.2. The molecule has 7 unspecified atom stereocenters. The molecule has 0 aromatic carbocycles. The van der Waals surface area contributed by atoms with E-state index in [1.165, 1.54) is 372 Å². The molecule has 1 aliphatic heterocycles. The normalized spacial score (nSPS) is 17.8. The van der Waals surface area contributed by atoms with Gasteiger partial charge in [0.05, 0.1) is 25.4 Å². The number of amides is 1. The van der Waals surface area contributed by atoms with Crippen LogP contribution in [0, 0.1) is 0 Å². The second-order valence-electron chi connectivity index (χ2n) is 28.2. The van der Waals surface area contributed by atoms with E-state index in [-0.39, 0.29) is 12.5 Å². The van der Waals surface area contributed by atoms with Crippen molar-refractivity contribution in [2.45, 2.75) is 480 Å². The highest BCUT2D eigenvalue weighted by molar-refractivity contribution is 5.76. The molecule has 7 atom stereocenters. The zero-order valence-electron chi connectivity index (χ0n) is 58.6. The van der Waals surface area contributed by atoms with Gasteiger partial charge >= 0.3 is 0 Å². The van der Waals surface area contributed by atoms with Crippen molar-refractivity contribution in [3.05, 3.63) is 0 Å². The summed E-state index contributed by atoms with van der Waals surface area (Å²) in [6, 6.07) is -0.716. The Bertz CT molecular complexity index is 1340. The van der Waals surface area contributed by atoms with Gasteiger partial charge in [0.1, 0.15) is 24.4 Å². The van der Waals surface area contributed by atoms with E-state index >= 15 is 0 Å². The number of nitrogens with one attached hydrogen (secondary N) is 1. The van der Waals surface area contributed by atoms with E-state index in [1.807, 2.05) is 0 Å². The lowest BCUT2D eigenvalue weighted by molar-refractivity contribution is -0.302. The van der Waals surface area contributed by atoms with Gasteiger partial charge < -0.3 is 40.3 Å². The predicted octanol–water partition coefficient (Wildman–Crippen LogP) is 22.4. The molecular formula is C78H155NO8. The second-order valence-corrected chi connectivity index (χ2v) is 28.2. The Morgan fingerprint density at radius 1 is 0.345 bits per heavy atom. The van der Waals surface area contributed by atoms with E-state index in [2.05, 4.69) is 19.2 Å². The first kappa shape index (κ1) is 84.2. The Kier molecular flexibility index (Phi) is 65.9. The molecule has 1 fully saturated rings. The van der Waals surface area contributed by atoms with Crippen LogP contribution in [0.2, 0.25) is 0 Å². The van der Waals surface area contributed by atoms with Crippen LogP contribution in [0.25, 0.3) is 0 Å². The van der Waals surface area contributed by atoms with Crippen LogP contribution in [0.4, 0.5) is 0 Å². The lowest BCUT2D eigenvalue weighted by Gasteiger charge is -2.40. The Balaban J connectivity index is 2.02. The van der Waals surface area contributed by atoms with Crippen molar-refractivity contribution in [1.82, 2.24) is 5.32 Å². The fourth-order valence-corrected chi connectivity index (χ4v) is 13.5. The molecule has 1 rings (SSSR count). The molecule has 520 valence electrons. The molecule has 87 heavy (non-hydrogen) atoms. The molecule has 6 N–H and O–H groups in total. The van der Waals surface area contributed by atoms with Gasteiger partial charge in [-0.3, -0.25) is 4.79 Å². The molecule has 1 heterocycles. The third-order valence-corrected chi connectivity index (χ3v) is 19.7. The van der Waals surface area contributed by atoms with Gasteiger partial charge in [-0.05, 0) is 12.8 Å². The highest BCUT2D eigenvalue weighted by atomic mass is 16.7. The number of aliphatic hydroxyl groups excluding tert-OH is 5. The van der Waals surface area contributed by atoms with Crippen molar-refractivity contribution in [2.24, 2.45) is 0 Å². The summed E-state index contributed by atoms with van der Waals surface area (Å²) in [7, 11) is 0. The summed E-state index contributed by atoms with van der Waals surface area (Å²) >= 11 is 0. The van der Waals surface area contributed by atoms with E-state index in [4.69, 9.17) is 9.47 Å². The maximum absolute atomic E-state index is 13.2. The van der Waals surface area contributed by atoms with Crippen LogP contribution in [-0.2, 0) is 14.3 Å². The monoisotopic (exact) mass is 1230 g/mol. The number of carbonyl (C=O) groups is 1. The van der Waals surface area contributed by atoms with Gasteiger partial charge in [0, 0.05) is 6.42 Å². The van der Waals surface area contributed by atoms with Crippen molar-refractivity contribution < 1.29 is 39.8 Å². The molecule has 9 heteroatoms. The number of hydrogen-bond donors (Lipinski definition) is 6. The summed E-state index contributed by atoms with van der Waals surface area (Å²) in [4.78, 5) is 13.2. The van der Waals surface area contributed by atoms with Crippen LogP contribution < -0.4 is 5.32 Å². The van der Waals surface area contributed by atoms with Crippen molar-refractivity contribution in [2.75, 3.05) is 13.2 Å². The number of carbonyl (C=O) groups excluding carboxylic acids is 1. The number of rotatable bonds is 72. The number of ether oxygens (including phenoxy) is 2. The van der Waals surface area contributed by atoms with Gasteiger partial charge in [0.2, 0.25) is 5.91 Å². The van der Waals surface area contributed by atoms with Gasteiger partial charge in [-0.15, -0.1) is 0 Å². The summed E-state index contributed by atoms with van der Waals surface area (Å²) in [5.74, 6) is -0.132. The van der Waals surface area contributed by atoms with Crippen LogP contribution in [0.3, 0.4) is 0 Å². The Morgan fingerprint density at radius 2 is 0.575 bits per heavy atom. The SMILES string of the molecule is CCCCCCCCCCCCCCCCCCCCCCCCCCCCCCCCCCCCCCCCC(=O)NC(COC1OC(CO)C(O)C(O)C1O)C(O)CCCCCCCCCCCCCCCCCCCCCCCCCCCC. The Labute approximate surface area is 542 Å². The summed E-state index contributed by atoms with van der Waals surface area (Å²) in [6.45, 7) is 3.92. The van der Waals surface area contributed by atoms with Gasteiger partial charge in [0.25, 0.3) is 0 Å². The summed E-state index contributed by atoms with van der Waals surface area (Å²) < 4.78 is 11.4. The first-order valence-corrected chi connectivity index (χ1v) is 39.7. The molecule has 1 amide bonds. The molecule has 1 saturated heterocycles. The standard InChI is InChI=1S/C78H155NO8/c1-3-5-7-9-11-13-15-17-19-21-23-25-27-29-31-32-33-34-35-36-37-38-39-40-41-42-44-46-48-50-52-54-56-58-60-62-64-66-68-74(82)79-71(70-86-78-77(85)76(84)75(83)73(69-80)87-78)72(81)67-65-63-61-59-57-55-53-51-49-47-45-43-30-28-26-24-22-20-18-16-14-12-10-8-6-4-2/h71-73,75-78,80-81,83-85H,3-70H2,1-2H3,(H,79,82). The van der Waals surface area contributed by atoms with Gasteiger partial charge in [-0.2, -0.15) is 0 Å². The van der Waals surface area contributed by atoms with Crippen LogP contribution in [-0.4, -0.2) is 87.5 Å². The van der Waals surface area contributed by atoms with Crippen LogP contribution in [0.5, 0.6) is 0 Å². The summed E-state index contributed by atoms with van der Waals surface area (Å²) in [6.07, 6.45) is 80.8. The fourth-order valence-electron chi connectivity index (χ4n) is 13.5. The van der Waals surface area contributed by atoms with Crippen LogP contribution >= 0.6 is 0 Å². The smallest absolute Gasteiger partial charge is 0.220 e. The number of aliphatic hydroxyl groups is 5. The number of hydrogen-bond acceptors (Lipinski definition) is 8. The van der Waals surface area contributed by atoms with E-state index in [0.29, 0.717) is 12.8 Å². The molecule has 0 radical (unpaired) electrons. The highest BCUT2D eigenvalue weighted by Crippen LogP contribution is 2.25. The zero-order chi connectivity index (χ0) is 62.8. The van der Waals surface area contributed by atoms with E-state index in [1.54, 1.807) is 0 Å². The molecule has 0 aromatic rings. The predicted molar refractivity (Wildman–Crippen MR) is 374 cm³/mol. The summed E-state index contributed by atoms with van der Waals surface area (Å²) in [5.41, 5.74) is 0. The minimum absolute atomic E-state index is 0.130. The van der Waals surface area contributed by atoms with Crippen molar-refractivity contribution in [1.29, 1.82) is 0 Å². The maximum Gasteiger partial charge on any atom is 0.220 e. The average molecular weight is 1240 g/mol. The Hall–Kier alpha value is -0.810. The number of unbranched alkanes of at least 4 members (excludes halogenated alkanes) is 62. The Morgan fingerprint density at radius 3 is 0.816 bits per heavy atom. The molecule has 1 aliphatic rings. The minimum Gasteiger partial charge on any atom is -0.394 e. The molecular weight excluding hydrogens is 1080 g/mol. The van der Waals surface area contributed by atoms with E-state index in [9.17, 15) is 30.3 Å². The van der Waals surface area contributed by atoms with Crippen molar-refractivity contribution in [3.8, 4) is 0 Å². The highest BCUT2D eigenvalue weighted by Gasteiger charge is 2.44. The van der Waals surface area contributed by atoms with Crippen molar-refractivity contribution in [3.63, 3.8) is 0 Å². The molecule has 0 aliphatic carbocycles. The fraction of sp³-hybridized carbons (Fsp3) is 0.987. The van der Waals surface area contributed by atoms with Gasteiger partial charge in [-0.25, -0.2) is 0 Å².